The summed E-state index contributed by atoms with van der Waals surface area (Å²) in [5.41, 5.74) is 0.638. The van der Waals surface area contributed by atoms with Gasteiger partial charge in [-0.3, -0.25) is 14.3 Å². The number of benzene rings is 2. The molecule has 49 heavy (non-hydrogen) atoms. The third-order valence-electron chi connectivity index (χ3n) is 11.6. The molecule has 12 heteroatoms. The third kappa shape index (κ3) is 7.46. The molecule has 3 heterocycles. The third-order valence-corrected chi connectivity index (χ3v) is 13.6. The molecule has 2 saturated carbocycles. The van der Waals surface area contributed by atoms with Crippen molar-refractivity contribution in [2.24, 2.45) is 17.8 Å². The van der Waals surface area contributed by atoms with Gasteiger partial charge in [-0.1, -0.05) is 23.7 Å². The number of hydrogen-bond acceptors (Lipinski definition) is 8. The van der Waals surface area contributed by atoms with E-state index in [4.69, 9.17) is 21.1 Å². The number of anilines is 1. The Labute approximate surface area is 294 Å². The topological polar surface area (TPSA) is 125 Å². The normalized spacial score (nSPS) is 29.7. The number of amides is 2. The maximum atomic E-state index is 13.9. The van der Waals surface area contributed by atoms with E-state index < -0.39 is 39.1 Å². The Morgan fingerprint density at radius 1 is 1.02 bits per heavy atom. The second-order valence-electron chi connectivity index (χ2n) is 14.9. The van der Waals surface area contributed by atoms with Crippen LogP contribution in [0, 0.1) is 17.8 Å². The molecule has 2 aliphatic carbocycles. The van der Waals surface area contributed by atoms with Crippen molar-refractivity contribution in [3.8, 4) is 5.75 Å². The van der Waals surface area contributed by atoms with Crippen molar-refractivity contribution in [1.82, 2.24) is 9.62 Å². The molecule has 0 spiro atoms. The Morgan fingerprint density at radius 3 is 2.63 bits per heavy atom. The minimum Gasteiger partial charge on any atom is -0.487 e. The van der Waals surface area contributed by atoms with Crippen molar-refractivity contribution in [2.45, 2.75) is 94.2 Å². The number of ether oxygens (including phenoxy) is 2. The highest BCUT2D eigenvalue weighted by Crippen LogP contribution is 2.45. The molecule has 5 aliphatic rings. The molecular weight excluding hydrogens is 666 g/mol. The Kier molecular flexibility index (Phi) is 9.91. The lowest BCUT2D eigenvalue weighted by Crippen LogP contribution is -2.50. The van der Waals surface area contributed by atoms with Gasteiger partial charge in [-0.25, -0.2) is 8.42 Å². The number of hydrogen-bond donors (Lipinski definition) is 2. The Hall–Kier alpha value is -2.86. The van der Waals surface area contributed by atoms with Gasteiger partial charge in [0, 0.05) is 38.3 Å². The number of fused-ring (bicyclic) bond motifs is 6. The summed E-state index contributed by atoms with van der Waals surface area (Å²) in [7, 11) is -2.31. The van der Waals surface area contributed by atoms with Gasteiger partial charge in [-0.15, -0.1) is 0 Å². The second kappa shape index (κ2) is 14.0. The average Bonchev–Trinajstić information content (AvgIpc) is 3.92. The van der Waals surface area contributed by atoms with Crippen molar-refractivity contribution in [1.29, 1.82) is 0 Å². The van der Waals surface area contributed by atoms with E-state index in [1.807, 2.05) is 18.2 Å². The molecule has 5 atom stereocenters. The number of aryl methyl sites for hydroxylation is 1. The van der Waals surface area contributed by atoms with Crippen molar-refractivity contribution >= 4 is 39.1 Å². The fourth-order valence-corrected chi connectivity index (χ4v) is 9.64. The quantitative estimate of drug-likeness (QED) is 0.459. The predicted octanol–water partition coefficient (Wildman–Crippen LogP) is 4.93. The fraction of sp³-hybridized carbons (Fsp3) is 0.622. The van der Waals surface area contributed by atoms with Crippen molar-refractivity contribution in [2.75, 3.05) is 38.2 Å². The van der Waals surface area contributed by atoms with Crippen LogP contribution in [0.15, 0.2) is 36.4 Å². The lowest BCUT2D eigenvalue weighted by Gasteiger charge is -2.47. The number of rotatable bonds is 3. The number of nitrogens with zero attached hydrogens (tertiary/aromatic N) is 2. The molecule has 2 aromatic rings. The summed E-state index contributed by atoms with van der Waals surface area (Å²) in [4.78, 5) is 31.5. The molecule has 4 bridgehead atoms. The molecule has 0 radical (unpaired) electrons. The zero-order valence-electron chi connectivity index (χ0n) is 28.2. The van der Waals surface area contributed by atoms with E-state index in [-0.39, 0.29) is 11.7 Å². The standard InChI is InChI=1S/C37H48ClN3O7S/c1-40-16-13-24-14-17-47-34(18-24)31-11-6-26(31)22-41-15-3-2-4-25-19-29(38)8-5-27(25)23-48-33-12-7-28(20-32(33)41)37(44,21-35(40)42)36(43)39-49(45,46)30-9-10-30/h5,7-8,12,19-20,24,26,30-31,34,44H,2-4,6,9-11,13-18,21-23H2,1H3,(H,39,43)/t24-,26-,31+,34-,37+/m0/s1. The zero-order valence-corrected chi connectivity index (χ0v) is 29.8. The number of carbonyl (C=O) groups excluding carboxylic acids is 2. The number of carbonyl (C=O) groups is 2. The van der Waals surface area contributed by atoms with Gasteiger partial charge in [-0.2, -0.15) is 0 Å². The molecular formula is C37H48ClN3O7S. The Balaban J connectivity index is 1.31. The maximum Gasteiger partial charge on any atom is 0.270 e. The van der Waals surface area contributed by atoms with Crippen LogP contribution in [0.1, 0.15) is 80.9 Å². The van der Waals surface area contributed by atoms with E-state index in [0.717, 1.165) is 75.6 Å². The molecule has 2 aromatic carbocycles. The lowest BCUT2D eigenvalue weighted by atomic mass is 9.67. The molecule has 2 N–H and O–H groups in total. The fourth-order valence-electron chi connectivity index (χ4n) is 8.09. The highest BCUT2D eigenvalue weighted by atomic mass is 35.5. The number of sulfonamides is 1. The van der Waals surface area contributed by atoms with Crippen molar-refractivity contribution in [3.05, 3.63) is 58.1 Å². The van der Waals surface area contributed by atoms with Crippen molar-refractivity contribution < 1.29 is 32.6 Å². The molecule has 3 fully saturated rings. The minimum absolute atomic E-state index is 0.157. The van der Waals surface area contributed by atoms with Crippen LogP contribution in [0.2, 0.25) is 5.02 Å². The number of halogens is 1. The first-order valence-corrected chi connectivity index (χ1v) is 19.9. The van der Waals surface area contributed by atoms with Crippen LogP contribution in [0.25, 0.3) is 0 Å². The van der Waals surface area contributed by atoms with Gasteiger partial charge in [0.05, 0.1) is 23.5 Å². The molecule has 0 unspecified atom stereocenters. The summed E-state index contributed by atoms with van der Waals surface area (Å²) >= 11 is 6.37. The van der Waals surface area contributed by atoms with Gasteiger partial charge in [-0.05, 0) is 123 Å². The SMILES string of the molecule is CN1CC[C@H]2CCO[C@@H](C2)[C@@H]2CC[C@H]2CN2CCCCc3cc(Cl)ccc3COc3ccc(cc32)[C@@](O)(C(=O)NS(=O)(=O)C2CC2)CC1=O. The number of nitrogens with one attached hydrogen (secondary N) is 1. The highest BCUT2D eigenvalue weighted by Gasteiger charge is 2.47. The average molecular weight is 714 g/mol. The van der Waals surface area contributed by atoms with Gasteiger partial charge >= 0.3 is 0 Å². The van der Waals surface area contributed by atoms with Gasteiger partial charge < -0.3 is 24.4 Å². The van der Waals surface area contributed by atoms with E-state index in [2.05, 4.69) is 9.62 Å². The predicted molar refractivity (Wildman–Crippen MR) is 187 cm³/mol. The first-order valence-electron chi connectivity index (χ1n) is 17.9. The molecule has 1 saturated heterocycles. The molecule has 2 amide bonds. The Morgan fingerprint density at radius 2 is 1.86 bits per heavy atom. The van der Waals surface area contributed by atoms with E-state index in [1.165, 1.54) is 0 Å². The zero-order chi connectivity index (χ0) is 34.3. The summed E-state index contributed by atoms with van der Waals surface area (Å²) < 4.78 is 40.9. The van der Waals surface area contributed by atoms with E-state index >= 15 is 0 Å². The molecule has 266 valence electrons. The molecule has 10 nitrogen and oxygen atoms in total. The maximum absolute atomic E-state index is 13.9. The largest absolute Gasteiger partial charge is 0.487 e. The molecule has 0 aromatic heterocycles. The van der Waals surface area contributed by atoms with Crippen LogP contribution in [-0.4, -0.2) is 74.9 Å². The van der Waals surface area contributed by atoms with Crippen LogP contribution < -0.4 is 14.4 Å². The first-order chi connectivity index (χ1) is 23.5. The monoisotopic (exact) mass is 713 g/mol. The van der Waals surface area contributed by atoms with E-state index in [1.54, 1.807) is 30.1 Å². The van der Waals surface area contributed by atoms with Crippen LogP contribution in [0.3, 0.4) is 0 Å². The summed E-state index contributed by atoms with van der Waals surface area (Å²) in [6, 6.07) is 10.9. The van der Waals surface area contributed by atoms with Crippen LogP contribution in [-0.2, 0) is 43.0 Å². The van der Waals surface area contributed by atoms with Crippen molar-refractivity contribution in [3.63, 3.8) is 0 Å². The summed E-state index contributed by atoms with van der Waals surface area (Å²) in [5.74, 6) is 0.301. The Bertz CT molecular complexity index is 1680. The van der Waals surface area contributed by atoms with Gasteiger partial charge in [0.15, 0.2) is 5.60 Å². The van der Waals surface area contributed by atoms with Gasteiger partial charge in [0.1, 0.15) is 12.4 Å². The summed E-state index contributed by atoms with van der Waals surface area (Å²) in [6.45, 7) is 2.97. The van der Waals surface area contributed by atoms with Crippen LogP contribution in [0.5, 0.6) is 5.75 Å². The minimum atomic E-state index is -3.99. The first kappa shape index (κ1) is 34.6. The van der Waals surface area contributed by atoms with Gasteiger partial charge in [0.25, 0.3) is 5.91 Å². The van der Waals surface area contributed by atoms with Gasteiger partial charge in [0.2, 0.25) is 15.9 Å². The summed E-state index contributed by atoms with van der Waals surface area (Å²) in [6.07, 6.45) is 8.11. The smallest absolute Gasteiger partial charge is 0.270 e. The summed E-state index contributed by atoms with van der Waals surface area (Å²) in [5, 5.41) is 12.3. The number of aliphatic hydroxyl groups is 1. The van der Waals surface area contributed by atoms with Crippen LogP contribution >= 0.6 is 11.6 Å². The van der Waals surface area contributed by atoms with E-state index in [0.29, 0.717) is 66.8 Å². The van der Waals surface area contributed by atoms with Crippen LogP contribution in [0.4, 0.5) is 5.69 Å². The molecule has 3 aliphatic heterocycles. The highest BCUT2D eigenvalue weighted by molar-refractivity contribution is 7.90. The molecule has 7 rings (SSSR count). The second-order valence-corrected chi connectivity index (χ2v) is 17.3. The van der Waals surface area contributed by atoms with E-state index in [9.17, 15) is 23.1 Å². The lowest BCUT2D eigenvalue weighted by molar-refractivity contribution is -0.148.